The van der Waals surface area contributed by atoms with Crippen LogP contribution in [0.3, 0.4) is 0 Å². The second-order valence-electron chi connectivity index (χ2n) is 6.00. The van der Waals surface area contributed by atoms with Gasteiger partial charge in [0.25, 0.3) is 11.8 Å². The number of anilines is 1. The number of hydrogen-bond acceptors (Lipinski definition) is 5. The van der Waals surface area contributed by atoms with Crippen molar-refractivity contribution in [3.8, 4) is 17.2 Å². The number of amides is 2. The molecule has 2 aromatic carbocycles. The quantitative estimate of drug-likeness (QED) is 0.811. The third-order valence-corrected chi connectivity index (χ3v) is 4.04. The van der Waals surface area contributed by atoms with Crippen molar-refractivity contribution in [3.05, 3.63) is 48.0 Å². The van der Waals surface area contributed by atoms with E-state index in [2.05, 4.69) is 5.32 Å². The second-order valence-corrected chi connectivity index (χ2v) is 6.00. The number of carbonyl (C=O) groups excluding carboxylic acids is 2. The molecule has 0 saturated heterocycles. The van der Waals surface area contributed by atoms with Crippen LogP contribution in [0.15, 0.2) is 42.5 Å². The number of rotatable bonds is 7. The molecular formula is C20H22N2O5. The summed E-state index contributed by atoms with van der Waals surface area (Å²) in [5.41, 5.74) is 1.06. The van der Waals surface area contributed by atoms with Gasteiger partial charge in [-0.2, -0.15) is 0 Å². The second kappa shape index (κ2) is 8.44. The smallest absolute Gasteiger partial charge is 0.262 e. The van der Waals surface area contributed by atoms with Crippen LogP contribution in [0.2, 0.25) is 0 Å². The van der Waals surface area contributed by atoms with E-state index in [0.29, 0.717) is 48.3 Å². The highest BCUT2D eigenvalue weighted by Crippen LogP contribution is 2.29. The lowest BCUT2D eigenvalue weighted by Gasteiger charge is -2.21. The Morgan fingerprint density at radius 2 is 1.93 bits per heavy atom. The molecule has 2 amide bonds. The van der Waals surface area contributed by atoms with E-state index < -0.39 is 0 Å². The summed E-state index contributed by atoms with van der Waals surface area (Å²) in [6.07, 6.45) is 0. The number of para-hydroxylation sites is 2. The molecule has 0 bridgehead atoms. The lowest BCUT2D eigenvalue weighted by Crippen LogP contribution is -2.31. The lowest BCUT2D eigenvalue weighted by molar-refractivity contribution is -0.118. The molecule has 2 aromatic rings. The van der Waals surface area contributed by atoms with Gasteiger partial charge in [0.05, 0.1) is 18.8 Å². The van der Waals surface area contributed by atoms with Gasteiger partial charge >= 0.3 is 0 Å². The van der Waals surface area contributed by atoms with E-state index in [1.807, 2.05) is 31.2 Å². The summed E-state index contributed by atoms with van der Waals surface area (Å²) < 4.78 is 16.6. The van der Waals surface area contributed by atoms with Crippen molar-refractivity contribution in [3.63, 3.8) is 0 Å². The maximum absolute atomic E-state index is 12.6. The first kappa shape index (κ1) is 18.6. The van der Waals surface area contributed by atoms with Crippen LogP contribution in [0, 0.1) is 0 Å². The Kier molecular flexibility index (Phi) is 5.80. The monoisotopic (exact) mass is 370 g/mol. The zero-order valence-corrected chi connectivity index (χ0v) is 15.4. The van der Waals surface area contributed by atoms with Gasteiger partial charge in [-0.15, -0.1) is 0 Å². The maximum atomic E-state index is 12.6. The van der Waals surface area contributed by atoms with E-state index in [0.717, 1.165) is 0 Å². The van der Waals surface area contributed by atoms with Gasteiger partial charge < -0.3 is 24.4 Å². The molecule has 0 unspecified atom stereocenters. The summed E-state index contributed by atoms with van der Waals surface area (Å²) in [5.74, 6) is 1.47. The van der Waals surface area contributed by atoms with Crippen LogP contribution in [0.5, 0.6) is 17.2 Å². The van der Waals surface area contributed by atoms with Crippen molar-refractivity contribution in [1.82, 2.24) is 4.90 Å². The van der Waals surface area contributed by atoms with Gasteiger partial charge in [0.1, 0.15) is 12.4 Å². The summed E-state index contributed by atoms with van der Waals surface area (Å²) in [6.45, 7) is 3.17. The van der Waals surface area contributed by atoms with E-state index >= 15 is 0 Å². The van der Waals surface area contributed by atoms with Gasteiger partial charge in [0, 0.05) is 12.6 Å². The molecule has 0 aliphatic carbocycles. The minimum absolute atomic E-state index is 0.0481. The van der Waals surface area contributed by atoms with Crippen LogP contribution in [0.4, 0.5) is 5.69 Å². The standard InChI is InChI=1S/C20H22N2O5/c1-3-25-16-6-4-5-7-17(16)26-11-10-22(2)20(24)14-8-9-15-18(12-14)27-13-19(23)21-15/h4-9,12H,3,10-11,13H2,1-2H3,(H,21,23). The Balaban J connectivity index is 1.58. The first-order chi connectivity index (χ1) is 13.1. The average Bonchev–Trinajstić information content (AvgIpc) is 2.68. The van der Waals surface area contributed by atoms with Crippen LogP contribution < -0.4 is 19.5 Å². The molecule has 7 nitrogen and oxygen atoms in total. The molecule has 0 aromatic heterocycles. The van der Waals surface area contributed by atoms with Crippen molar-refractivity contribution in [2.24, 2.45) is 0 Å². The highest BCUT2D eigenvalue weighted by atomic mass is 16.5. The van der Waals surface area contributed by atoms with Crippen molar-refractivity contribution in [2.45, 2.75) is 6.92 Å². The molecule has 1 N–H and O–H groups in total. The molecule has 0 atom stereocenters. The first-order valence-electron chi connectivity index (χ1n) is 8.75. The lowest BCUT2D eigenvalue weighted by atomic mass is 10.1. The normalized spacial score (nSPS) is 12.4. The molecule has 7 heteroatoms. The first-order valence-corrected chi connectivity index (χ1v) is 8.75. The van der Waals surface area contributed by atoms with Crippen molar-refractivity contribution in [2.75, 3.05) is 38.7 Å². The average molecular weight is 370 g/mol. The molecule has 1 aliphatic rings. The summed E-state index contributed by atoms with van der Waals surface area (Å²) in [7, 11) is 1.71. The number of carbonyl (C=O) groups is 2. The van der Waals surface area contributed by atoms with Gasteiger partial charge in [-0.1, -0.05) is 12.1 Å². The molecular weight excluding hydrogens is 348 g/mol. The Hall–Kier alpha value is -3.22. The number of nitrogens with one attached hydrogen (secondary N) is 1. The Bertz CT molecular complexity index is 837. The van der Waals surface area contributed by atoms with E-state index in [9.17, 15) is 9.59 Å². The predicted octanol–water partition coefficient (Wildman–Crippen LogP) is 2.57. The topological polar surface area (TPSA) is 77.1 Å². The third kappa shape index (κ3) is 4.49. The number of nitrogens with zero attached hydrogens (tertiary/aromatic N) is 1. The number of hydrogen-bond donors (Lipinski definition) is 1. The largest absolute Gasteiger partial charge is 0.490 e. The number of benzene rings is 2. The summed E-state index contributed by atoms with van der Waals surface area (Å²) in [5, 5.41) is 2.70. The van der Waals surface area contributed by atoms with Crippen molar-refractivity contribution in [1.29, 1.82) is 0 Å². The summed E-state index contributed by atoms with van der Waals surface area (Å²) in [6, 6.07) is 12.4. The molecule has 3 rings (SSSR count). The fourth-order valence-electron chi connectivity index (χ4n) is 2.67. The van der Waals surface area contributed by atoms with E-state index in [-0.39, 0.29) is 18.4 Å². The number of ether oxygens (including phenoxy) is 3. The molecule has 142 valence electrons. The van der Waals surface area contributed by atoms with Crippen LogP contribution in [-0.4, -0.2) is 50.1 Å². The molecule has 0 fully saturated rings. The summed E-state index contributed by atoms with van der Waals surface area (Å²) >= 11 is 0. The SMILES string of the molecule is CCOc1ccccc1OCCN(C)C(=O)c1ccc2c(c1)OCC(=O)N2. The number of likely N-dealkylation sites (N-methyl/N-ethyl adjacent to an activating group) is 1. The Morgan fingerprint density at radius 3 is 2.67 bits per heavy atom. The van der Waals surface area contributed by atoms with Crippen LogP contribution in [0.1, 0.15) is 17.3 Å². The minimum atomic E-state index is -0.205. The fraction of sp³-hybridized carbons (Fsp3) is 0.300. The van der Waals surface area contributed by atoms with E-state index in [1.54, 1.807) is 30.1 Å². The molecule has 0 saturated carbocycles. The fourth-order valence-corrected chi connectivity index (χ4v) is 2.67. The van der Waals surface area contributed by atoms with Gasteiger partial charge in [0.15, 0.2) is 18.1 Å². The molecule has 0 spiro atoms. The van der Waals surface area contributed by atoms with Crippen LogP contribution in [0.25, 0.3) is 0 Å². The zero-order valence-electron chi connectivity index (χ0n) is 15.4. The molecule has 0 radical (unpaired) electrons. The maximum Gasteiger partial charge on any atom is 0.262 e. The van der Waals surface area contributed by atoms with Crippen molar-refractivity contribution < 1.29 is 23.8 Å². The zero-order chi connectivity index (χ0) is 19.2. The van der Waals surface area contributed by atoms with Crippen LogP contribution >= 0.6 is 0 Å². The molecule has 1 aliphatic heterocycles. The predicted molar refractivity (Wildman–Crippen MR) is 101 cm³/mol. The van der Waals surface area contributed by atoms with Crippen molar-refractivity contribution >= 4 is 17.5 Å². The van der Waals surface area contributed by atoms with Crippen LogP contribution in [-0.2, 0) is 4.79 Å². The summed E-state index contributed by atoms with van der Waals surface area (Å²) in [4.78, 5) is 25.5. The van der Waals surface area contributed by atoms with E-state index in [1.165, 1.54) is 0 Å². The van der Waals surface area contributed by atoms with Gasteiger partial charge in [-0.25, -0.2) is 0 Å². The Labute approximate surface area is 157 Å². The Morgan fingerprint density at radius 1 is 1.19 bits per heavy atom. The van der Waals surface area contributed by atoms with Gasteiger partial charge in [-0.3, -0.25) is 9.59 Å². The van der Waals surface area contributed by atoms with Gasteiger partial charge in [0.2, 0.25) is 0 Å². The minimum Gasteiger partial charge on any atom is -0.490 e. The van der Waals surface area contributed by atoms with E-state index in [4.69, 9.17) is 14.2 Å². The highest BCUT2D eigenvalue weighted by molar-refractivity contribution is 5.98. The molecule has 27 heavy (non-hydrogen) atoms. The van der Waals surface area contributed by atoms with Gasteiger partial charge in [-0.05, 0) is 37.3 Å². The molecule has 1 heterocycles. The highest BCUT2D eigenvalue weighted by Gasteiger charge is 2.19. The third-order valence-electron chi connectivity index (χ3n) is 4.04. The number of fused-ring (bicyclic) bond motifs is 1.